The van der Waals surface area contributed by atoms with Gasteiger partial charge in [0.1, 0.15) is 18.5 Å². The van der Waals surface area contributed by atoms with Crippen molar-refractivity contribution in [1.29, 1.82) is 0 Å². The fraction of sp³-hybridized carbons (Fsp3) is 0.316. The number of hydrogen-bond acceptors (Lipinski definition) is 5. The Morgan fingerprint density at radius 1 is 1.24 bits per heavy atom. The van der Waals surface area contributed by atoms with Crippen molar-refractivity contribution in [2.45, 2.75) is 26.0 Å². The van der Waals surface area contributed by atoms with Gasteiger partial charge in [0, 0.05) is 38.5 Å². The number of anilines is 1. The first-order valence-corrected chi connectivity index (χ1v) is 9.27. The van der Waals surface area contributed by atoms with Crippen molar-refractivity contribution < 1.29 is 14.6 Å². The quantitative estimate of drug-likeness (QED) is 0.396. The van der Waals surface area contributed by atoms with Crippen molar-refractivity contribution in [2.24, 2.45) is 0 Å². The zero-order valence-electron chi connectivity index (χ0n) is 14.2. The largest absolute Gasteiger partial charge is 0.490 e. The summed E-state index contributed by atoms with van der Waals surface area (Å²) in [5, 5.41) is 13.2. The number of rotatable bonds is 6. The van der Waals surface area contributed by atoms with Gasteiger partial charge in [-0.25, -0.2) is 0 Å². The molecule has 0 heterocycles. The lowest BCUT2D eigenvalue weighted by Gasteiger charge is -2.16. The molecule has 0 fully saturated rings. The molecule has 0 amide bonds. The Labute approximate surface area is 160 Å². The smallest absolute Gasteiger partial charge is 0.194 e. The molecule has 5 nitrogen and oxygen atoms in total. The number of nitrogens with two attached hydrogens (primary N) is 1. The number of hydrogen-bond donors (Lipinski definition) is 3. The van der Waals surface area contributed by atoms with Crippen LogP contribution >= 0.6 is 22.6 Å². The van der Waals surface area contributed by atoms with E-state index in [2.05, 4.69) is 27.9 Å². The van der Waals surface area contributed by atoms with Crippen LogP contribution < -0.4 is 15.8 Å². The van der Waals surface area contributed by atoms with Crippen molar-refractivity contribution in [1.82, 2.24) is 5.32 Å². The molecule has 25 heavy (non-hydrogen) atoms. The highest BCUT2D eigenvalue weighted by atomic mass is 127. The summed E-state index contributed by atoms with van der Waals surface area (Å²) in [6, 6.07) is 9.36. The number of aliphatic hydroxyl groups is 1. The lowest BCUT2D eigenvalue weighted by molar-refractivity contribution is 0.103. The number of fused-ring (bicyclic) bond motifs is 3. The van der Waals surface area contributed by atoms with Crippen LogP contribution in [0.2, 0.25) is 0 Å². The number of carbonyl (C=O) groups is 1. The molecule has 3 rings (SSSR count). The van der Waals surface area contributed by atoms with E-state index in [9.17, 15) is 9.90 Å². The molecule has 0 saturated heterocycles. The monoisotopic (exact) mass is 452 g/mol. The van der Waals surface area contributed by atoms with Crippen LogP contribution in [0.25, 0.3) is 11.1 Å². The molecular weight excluding hydrogens is 431 g/mol. The summed E-state index contributed by atoms with van der Waals surface area (Å²) in [6.07, 6.45) is -0.624. The molecule has 6 heteroatoms. The van der Waals surface area contributed by atoms with E-state index < -0.39 is 6.10 Å². The fourth-order valence-electron chi connectivity index (χ4n) is 2.86. The van der Waals surface area contributed by atoms with E-state index in [4.69, 9.17) is 10.5 Å². The first kappa shape index (κ1) is 18.2. The maximum atomic E-state index is 12.6. The van der Waals surface area contributed by atoms with Gasteiger partial charge in [-0.2, -0.15) is 0 Å². The Balaban J connectivity index is 1.87. The molecule has 2 aromatic rings. The van der Waals surface area contributed by atoms with Gasteiger partial charge in [-0.15, -0.1) is 0 Å². The molecule has 0 radical (unpaired) electrons. The number of aliphatic hydroxyl groups excluding tert-OH is 1. The first-order valence-electron chi connectivity index (χ1n) is 8.19. The maximum absolute atomic E-state index is 12.6. The topological polar surface area (TPSA) is 84.6 Å². The van der Waals surface area contributed by atoms with Crippen LogP contribution in [0.3, 0.4) is 0 Å². The third-order valence-electron chi connectivity index (χ3n) is 4.11. The second-order valence-corrected chi connectivity index (χ2v) is 7.62. The minimum Gasteiger partial charge on any atom is -0.490 e. The molecule has 0 bridgehead atoms. The van der Waals surface area contributed by atoms with E-state index >= 15 is 0 Å². The number of halogens is 1. The minimum atomic E-state index is -0.624. The number of nitrogen functional groups attached to an aromatic ring is 1. The predicted octanol–water partition coefficient (Wildman–Crippen LogP) is 2.82. The highest BCUT2D eigenvalue weighted by molar-refractivity contribution is 14.1. The van der Waals surface area contributed by atoms with Crippen LogP contribution in [0.15, 0.2) is 30.3 Å². The summed E-state index contributed by atoms with van der Waals surface area (Å²) < 4.78 is 6.74. The van der Waals surface area contributed by atoms with E-state index in [1.54, 1.807) is 18.2 Å². The van der Waals surface area contributed by atoms with Crippen LogP contribution in [-0.2, 0) is 0 Å². The predicted molar refractivity (Wildman–Crippen MR) is 107 cm³/mol. The number of benzene rings is 2. The Morgan fingerprint density at radius 2 is 2.00 bits per heavy atom. The third-order valence-corrected chi connectivity index (χ3v) is 5.05. The molecule has 1 unspecified atom stereocenters. The Morgan fingerprint density at radius 3 is 2.72 bits per heavy atom. The summed E-state index contributed by atoms with van der Waals surface area (Å²) in [4.78, 5) is 12.6. The molecule has 0 aromatic heterocycles. The Hall–Kier alpha value is -1.64. The van der Waals surface area contributed by atoms with Gasteiger partial charge in [-0.1, -0.05) is 26.0 Å². The van der Waals surface area contributed by atoms with Gasteiger partial charge in [-0.05, 0) is 46.4 Å². The number of ketones is 1. The maximum Gasteiger partial charge on any atom is 0.194 e. The molecule has 0 spiro atoms. The van der Waals surface area contributed by atoms with Crippen molar-refractivity contribution >= 4 is 34.1 Å². The molecule has 132 valence electrons. The van der Waals surface area contributed by atoms with Gasteiger partial charge in [0.25, 0.3) is 0 Å². The van der Waals surface area contributed by atoms with E-state index in [1.165, 1.54) is 0 Å². The van der Waals surface area contributed by atoms with Crippen molar-refractivity contribution in [3.63, 3.8) is 0 Å². The van der Waals surface area contributed by atoms with Crippen LogP contribution in [0.5, 0.6) is 5.75 Å². The molecule has 0 aliphatic heterocycles. The van der Waals surface area contributed by atoms with Crippen LogP contribution in [0.4, 0.5) is 5.69 Å². The lowest BCUT2D eigenvalue weighted by Crippen LogP contribution is -2.35. The van der Waals surface area contributed by atoms with Gasteiger partial charge in [-0.3, -0.25) is 4.79 Å². The van der Waals surface area contributed by atoms with Crippen molar-refractivity contribution in [3.05, 3.63) is 45.0 Å². The molecule has 0 saturated carbocycles. The van der Waals surface area contributed by atoms with E-state index in [1.807, 2.05) is 26.0 Å². The summed E-state index contributed by atoms with van der Waals surface area (Å²) in [7, 11) is 0. The number of ether oxygens (including phenoxy) is 1. The summed E-state index contributed by atoms with van der Waals surface area (Å²) in [5.41, 5.74) is 9.38. The zero-order valence-corrected chi connectivity index (χ0v) is 16.3. The number of carbonyl (C=O) groups excluding carboxylic acids is 1. The summed E-state index contributed by atoms with van der Waals surface area (Å²) in [6.45, 7) is 4.66. The van der Waals surface area contributed by atoms with Gasteiger partial charge in [0.2, 0.25) is 0 Å². The van der Waals surface area contributed by atoms with Crippen LogP contribution in [-0.4, -0.2) is 36.2 Å². The van der Waals surface area contributed by atoms with Gasteiger partial charge < -0.3 is 20.9 Å². The van der Waals surface area contributed by atoms with Crippen LogP contribution in [0.1, 0.15) is 29.8 Å². The van der Waals surface area contributed by atoms with Crippen molar-refractivity contribution in [2.75, 3.05) is 18.9 Å². The highest BCUT2D eigenvalue weighted by Crippen LogP contribution is 2.44. The average molecular weight is 452 g/mol. The lowest BCUT2D eigenvalue weighted by atomic mass is 10.0. The van der Waals surface area contributed by atoms with Gasteiger partial charge in [0.15, 0.2) is 5.78 Å². The zero-order chi connectivity index (χ0) is 18.1. The SMILES string of the molecule is CC(C)NCC(O)COc1cccc2c1-c1cc(I)c(N)cc1C2=O. The molecule has 1 aliphatic carbocycles. The number of nitrogens with one attached hydrogen (secondary N) is 1. The standard InChI is InChI=1S/C19H21IN2O3/c1-10(2)22-8-11(23)9-25-17-5-3-4-12-18(17)13-6-15(20)16(21)7-14(13)19(12)24/h3-7,10-11,22-23H,8-9,21H2,1-2H3. The molecule has 4 N–H and O–H groups in total. The minimum absolute atomic E-state index is 0.0411. The van der Waals surface area contributed by atoms with Crippen LogP contribution in [0, 0.1) is 3.57 Å². The first-order chi connectivity index (χ1) is 11.9. The Kier molecular flexibility index (Phi) is 5.31. The Bertz CT molecular complexity index is 821. The molecule has 2 aromatic carbocycles. The van der Waals surface area contributed by atoms with Crippen molar-refractivity contribution in [3.8, 4) is 16.9 Å². The second kappa shape index (κ2) is 7.31. The van der Waals surface area contributed by atoms with Gasteiger partial charge >= 0.3 is 0 Å². The van der Waals surface area contributed by atoms with E-state index in [0.29, 0.717) is 35.2 Å². The third kappa shape index (κ3) is 3.65. The van der Waals surface area contributed by atoms with Gasteiger partial charge in [0.05, 0.1) is 0 Å². The summed E-state index contributed by atoms with van der Waals surface area (Å²) in [5.74, 6) is 0.564. The fourth-order valence-corrected chi connectivity index (χ4v) is 3.33. The van der Waals surface area contributed by atoms with E-state index in [-0.39, 0.29) is 12.4 Å². The van der Waals surface area contributed by atoms with E-state index in [0.717, 1.165) is 14.7 Å². The molecule has 1 aliphatic rings. The molecular formula is C19H21IN2O3. The average Bonchev–Trinajstić information content (AvgIpc) is 2.84. The second-order valence-electron chi connectivity index (χ2n) is 6.45. The normalized spacial score (nSPS) is 13.7. The molecule has 1 atom stereocenters. The highest BCUT2D eigenvalue weighted by Gasteiger charge is 2.30. The summed E-state index contributed by atoms with van der Waals surface area (Å²) >= 11 is 2.16.